The minimum atomic E-state index is -0.373. The first-order valence-electron chi connectivity index (χ1n) is 6.73. The first-order valence-corrected chi connectivity index (χ1v) is 7.61. The SMILES string of the molecule is NC(=O)[C@@H]1CC=CC[C@H]1NC(=O)c1ccc2ncsc2c1. The fourth-order valence-corrected chi connectivity index (χ4v) is 3.25. The largest absolute Gasteiger partial charge is 0.369 e. The van der Waals surface area contributed by atoms with Crippen molar-refractivity contribution in [2.75, 3.05) is 0 Å². The van der Waals surface area contributed by atoms with Crippen LogP contribution < -0.4 is 11.1 Å². The lowest BCUT2D eigenvalue weighted by Gasteiger charge is -2.26. The van der Waals surface area contributed by atoms with Gasteiger partial charge in [0.15, 0.2) is 0 Å². The number of aromatic nitrogens is 1. The Hall–Kier alpha value is -2.21. The number of hydrogen-bond donors (Lipinski definition) is 2. The van der Waals surface area contributed by atoms with Gasteiger partial charge in [-0.05, 0) is 31.0 Å². The highest BCUT2D eigenvalue weighted by molar-refractivity contribution is 7.16. The van der Waals surface area contributed by atoms with Crippen molar-refractivity contribution in [3.63, 3.8) is 0 Å². The van der Waals surface area contributed by atoms with Crippen molar-refractivity contribution in [1.29, 1.82) is 0 Å². The number of nitrogens with zero attached hydrogens (tertiary/aromatic N) is 1. The van der Waals surface area contributed by atoms with Crippen molar-refractivity contribution in [2.24, 2.45) is 11.7 Å². The number of fused-ring (bicyclic) bond motifs is 1. The summed E-state index contributed by atoms with van der Waals surface area (Å²) in [6.45, 7) is 0. The second kappa shape index (κ2) is 5.65. The van der Waals surface area contributed by atoms with Crippen LogP contribution in [-0.4, -0.2) is 22.8 Å². The van der Waals surface area contributed by atoms with E-state index in [0.717, 1.165) is 10.2 Å². The lowest BCUT2D eigenvalue weighted by molar-refractivity contribution is -0.122. The van der Waals surface area contributed by atoms with Crippen molar-refractivity contribution >= 4 is 33.4 Å². The second-order valence-electron chi connectivity index (χ2n) is 5.07. The summed E-state index contributed by atoms with van der Waals surface area (Å²) >= 11 is 1.49. The van der Waals surface area contributed by atoms with Gasteiger partial charge in [-0.2, -0.15) is 0 Å². The molecule has 5 nitrogen and oxygen atoms in total. The first kappa shape index (κ1) is 13.8. The van der Waals surface area contributed by atoms with E-state index in [0.29, 0.717) is 18.4 Å². The zero-order valence-corrected chi connectivity index (χ0v) is 12.1. The average molecular weight is 301 g/mol. The molecule has 0 spiro atoms. The Morgan fingerprint density at radius 1 is 1.29 bits per heavy atom. The Balaban J connectivity index is 1.78. The summed E-state index contributed by atoms with van der Waals surface area (Å²) < 4.78 is 0.970. The van der Waals surface area contributed by atoms with E-state index in [-0.39, 0.29) is 23.8 Å². The third-order valence-electron chi connectivity index (χ3n) is 3.71. The number of carbonyl (C=O) groups is 2. The van der Waals surface area contributed by atoms with Crippen LogP contribution in [0.2, 0.25) is 0 Å². The number of hydrogen-bond acceptors (Lipinski definition) is 4. The predicted molar refractivity (Wildman–Crippen MR) is 81.9 cm³/mol. The number of amides is 2. The quantitative estimate of drug-likeness (QED) is 0.848. The van der Waals surface area contributed by atoms with Gasteiger partial charge in [-0.25, -0.2) is 4.98 Å². The fourth-order valence-electron chi connectivity index (χ4n) is 2.54. The molecule has 0 unspecified atom stereocenters. The maximum Gasteiger partial charge on any atom is 0.251 e. The molecule has 3 rings (SSSR count). The Labute approximate surface area is 125 Å². The molecule has 21 heavy (non-hydrogen) atoms. The van der Waals surface area contributed by atoms with Crippen LogP contribution in [-0.2, 0) is 4.79 Å². The van der Waals surface area contributed by atoms with Gasteiger partial charge in [0.05, 0.1) is 21.6 Å². The molecule has 6 heteroatoms. The van der Waals surface area contributed by atoms with Gasteiger partial charge in [0, 0.05) is 11.6 Å². The molecule has 2 aromatic rings. The summed E-state index contributed by atoms with van der Waals surface area (Å²) in [6.07, 6.45) is 5.11. The highest BCUT2D eigenvalue weighted by Crippen LogP contribution is 2.21. The van der Waals surface area contributed by atoms with Crippen LogP contribution >= 0.6 is 11.3 Å². The molecule has 108 valence electrons. The van der Waals surface area contributed by atoms with Crippen molar-refractivity contribution in [3.8, 4) is 0 Å². The molecule has 0 saturated carbocycles. The lowest BCUT2D eigenvalue weighted by Crippen LogP contribution is -2.46. The van der Waals surface area contributed by atoms with Gasteiger partial charge in [-0.3, -0.25) is 9.59 Å². The maximum absolute atomic E-state index is 12.3. The Morgan fingerprint density at radius 2 is 2.10 bits per heavy atom. The van der Waals surface area contributed by atoms with E-state index in [9.17, 15) is 9.59 Å². The predicted octanol–water partition coefficient (Wildman–Crippen LogP) is 1.85. The van der Waals surface area contributed by atoms with Crippen LogP contribution in [0, 0.1) is 5.92 Å². The molecule has 1 aromatic carbocycles. The van der Waals surface area contributed by atoms with Crippen molar-refractivity contribution in [1.82, 2.24) is 10.3 Å². The van der Waals surface area contributed by atoms with E-state index >= 15 is 0 Å². The lowest BCUT2D eigenvalue weighted by atomic mass is 9.88. The normalized spacial score (nSPS) is 21.3. The van der Waals surface area contributed by atoms with Crippen LogP contribution in [0.3, 0.4) is 0 Å². The van der Waals surface area contributed by atoms with E-state index in [2.05, 4.69) is 10.3 Å². The number of nitrogens with two attached hydrogens (primary N) is 1. The first-order chi connectivity index (χ1) is 10.1. The summed E-state index contributed by atoms with van der Waals surface area (Å²) in [5.41, 5.74) is 8.61. The second-order valence-corrected chi connectivity index (χ2v) is 5.95. The highest BCUT2D eigenvalue weighted by Gasteiger charge is 2.28. The third kappa shape index (κ3) is 2.80. The number of thiazole rings is 1. The van der Waals surface area contributed by atoms with Gasteiger partial charge in [0.25, 0.3) is 5.91 Å². The summed E-state index contributed by atoms with van der Waals surface area (Å²) in [7, 11) is 0. The Kier molecular flexibility index (Phi) is 3.70. The minimum absolute atomic E-state index is 0.183. The van der Waals surface area contributed by atoms with Crippen LogP contribution in [0.1, 0.15) is 23.2 Å². The van der Waals surface area contributed by atoms with Gasteiger partial charge in [-0.1, -0.05) is 12.2 Å². The van der Waals surface area contributed by atoms with Gasteiger partial charge in [-0.15, -0.1) is 11.3 Å². The summed E-state index contributed by atoms with van der Waals surface area (Å²) in [6, 6.07) is 5.15. The summed E-state index contributed by atoms with van der Waals surface area (Å²) in [4.78, 5) is 28.0. The molecular formula is C15H15N3O2S. The minimum Gasteiger partial charge on any atom is -0.369 e. The van der Waals surface area contributed by atoms with Gasteiger partial charge in [0.1, 0.15) is 0 Å². The van der Waals surface area contributed by atoms with Crippen molar-refractivity contribution in [3.05, 3.63) is 41.4 Å². The molecule has 1 aromatic heterocycles. The number of benzene rings is 1. The molecule has 3 N–H and O–H groups in total. The van der Waals surface area contributed by atoms with Crippen LogP contribution in [0.4, 0.5) is 0 Å². The highest BCUT2D eigenvalue weighted by atomic mass is 32.1. The standard InChI is InChI=1S/C15H15N3O2S/c16-14(19)10-3-1-2-4-11(10)18-15(20)9-5-6-12-13(7-9)21-8-17-12/h1-2,5-8,10-11H,3-4H2,(H2,16,19)(H,18,20)/t10-,11-/m1/s1. The van der Waals surface area contributed by atoms with Crippen LogP contribution in [0.25, 0.3) is 10.2 Å². The van der Waals surface area contributed by atoms with Gasteiger partial charge >= 0.3 is 0 Å². The molecule has 0 fully saturated rings. The van der Waals surface area contributed by atoms with Crippen molar-refractivity contribution < 1.29 is 9.59 Å². The Morgan fingerprint density at radius 3 is 2.90 bits per heavy atom. The molecule has 0 radical (unpaired) electrons. The van der Waals surface area contributed by atoms with E-state index in [1.165, 1.54) is 11.3 Å². The van der Waals surface area contributed by atoms with E-state index in [1.807, 2.05) is 24.3 Å². The maximum atomic E-state index is 12.3. The van der Waals surface area contributed by atoms with Gasteiger partial charge in [0.2, 0.25) is 5.91 Å². The number of rotatable bonds is 3. The summed E-state index contributed by atoms with van der Waals surface area (Å²) in [5.74, 6) is -0.898. The molecule has 1 aliphatic rings. The van der Waals surface area contributed by atoms with Crippen LogP contribution in [0.5, 0.6) is 0 Å². The summed E-state index contributed by atoms with van der Waals surface area (Å²) in [5, 5.41) is 2.92. The molecule has 1 aliphatic carbocycles. The van der Waals surface area contributed by atoms with Crippen molar-refractivity contribution in [2.45, 2.75) is 18.9 Å². The zero-order valence-electron chi connectivity index (χ0n) is 11.3. The average Bonchev–Trinajstić information content (AvgIpc) is 2.94. The zero-order chi connectivity index (χ0) is 14.8. The van der Waals surface area contributed by atoms with E-state index in [4.69, 9.17) is 5.73 Å². The molecule has 2 atom stereocenters. The van der Waals surface area contributed by atoms with Crippen LogP contribution in [0.15, 0.2) is 35.9 Å². The number of nitrogens with one attached hydrogen (secondary N) is 1. The monoisotopic (exact) mass is 301 g/mol. The fraction of sp³-hybridized carbons (Fsp3) is 0.267. The molecule has 0 aliphatic heterocycles. The van der Waals surface area contributed by atoms with E-state index < -0.39 is 0 Å². The Bertz CT molecular complexity index is 723. The molecule has 1 heterocycles. The number of carbonyl (C=O) groups excluding carboxylic acids is 2. The topological polar surface area (TPSA) is 85.1 Å². The number of primary amides is 1. The third-order valence-corrected chi connectivity index (χ3v) is 4.50. The van der Waals surface area contributed by atoms with E-state index in [1.54, 1.807) is 11.6 Å². The molecule has 0 bridgehead atoms. The molecular weight excluding hydrogens is 286 g/mol. The number of allylic oxidation sites excluding steroid dienone is 1. The smallest absolute Gasteiger partial charge is 0.251 e. The van der Waals surface area contributed by atoms with Gasteiger partial charge < -0.3 is 11.1 Å². The molecule has 0 saturated heterocycles. The molecule has 2 amide bonds.